The van der Waals surface area contributed by atoms with Crippen molar-refractivity contribution >= 4 is 5.69 Å². The molecule has 0 spiro atoms. The van der Waals surface area contributed by atoms with Crippen molar-refractivity contribution in [3.63, 3.8) is 0 Å². The third-order valence-corrected chi connectivity index (χ3v) is 3.30. The highest BCUT2D eigenvalue weighted by molar-refractivity contribution is 5.33. The highest BCUT2D eigenvalue weighted by Crippen LogP contribution is 2.29. The summed E-state index contributed by atoms with van der Waals surface area (Å²) in [7, 11) is 2.19. The molecule has 3 rings (SSSR count). The summed E-state index contributed by atoms with van der Waals surface area (Å²) in [6, 6.07) is 8.29. The Morgan fingerprint density at radius 1 is 1.16 bits per heavy atom. The predicted molar refractivity (Wildman–Crippen MR) is 77.5 cm³/mol. The van der Waals surface area contributed by atoms with E-state index < -0.39 is 0 Å². The van der Waals surface area contributed by atoms with Crippen molar-refractivity contribution in [2.45, 2.75) is 18.9 Å². The van der Waals surface area contributed by atoms with Crippen molar-refractivity contribution in [2.75, 3.05) is 19.3 Å². The molecule has 1 saturated heterocycles. The average molecular weight is 256 g/mol. The van der Waals surface area contributed by atoms with E-state index in [1.165, 1.54) is 24.9 Å². The van der Waals surface area contributed by atoms with E-state index in [-0.39, 0.29) is 0 Å². The van der Waals surface area contributed by atoms with Gasteiger partial charge in [-0.05, 0) is 50.2 Å². The second-order valence-electron chi connectivity index (χ2n) is 4.71. The highest BCUT2D eigenvalue weighted by atomic mass is 15.1. The third-order valence-electron chi connectivity index (χ3n) is 3.30. The van der Waals surface area contributed by atoms with Gasteiger partial charge < -0.3 is 5.73 Å². The summed E-state index contributed by atoms with van der Waals surface area (Å²) in [6.07, 6.45) is 9.73. The number of hydrogen-bond acceptors (Lipinski definition) is 4. The zero-order valence-corrected chi connectivity index (χ0v) is 11.2. The molecule has 2 aromatic heterocycles. The van der Waals surface area contributed by atoms with E-state index in [2.05, 4.69) is 28.0 Å². The van der Waals surface area contributed by atoms with Gasteiger partial charge in [0, 0.05) is 36.5 Å². The Balaban J connectivity index is 0.000000163. The number of nitrogens with two attached hydrogens (primary N) is 1. The molecular formula is C15H20N4. The van der Waals surface area contributed by atoms with Gasteiger partial charge in [0.25, 0.3) is 0 Å². The van der Waals surface area contributed by atoms with Gasteiger partial charge in [0.1, 0.15) is 0 Å². The smallest absolute Gasteiger partial charge is 0.0360 e. The number of hydrogen-bond donors (Lipinski definition) is 1. The molecule has 0 radical (unpaired) electrons. The topological polar surface area (TPSA) is 55.0 Å². The van der Waals surface area contributed by atoms with E-state index in [4.69, 9.17) is 5.73 Å². The molecule has 19 heavy (non-hydrogen) atoms. The van der Waals surface area contributed by atoms with Gasteiger partial charge in [0.05, 0.1) is 0 Å². The van der Waals surface area contributed by atoms with Gasteiger partial charge in [-0.2, -0.15) is 0 Å². The highest BCUT2D eigenvalue weighted by Gasteiger charge is 2.21. The summed E-state index contributed by atoms with van der Waals surface area (Å²) in [5, 5.41) is 0. The Labute approximate surface area is 114 Å². The average Bonchev–Trinajstić information content (AvgIpc) is 2.88. The fourth-order valence-corrected chi connectivity index (χ4v) is 2.27. The van der Waals surface area contributed by atoms with Crippen molar-refractivity contribution in [2.24, 2.45) is 0 Å². The van der Waals surface area contributed by atoms with Crippen LogP contribution in [-0.2, 0) is 0 Å². The van der Waals surface area contributed by atoms with Crippen molar-refractivity contribution in [3.05, 3.63) is 54.6 Å². The maximum Gasteiger partial charge on any atom is 0.0360 e. The standard InChI is InChI=1S/C10H14N2.C5H6N2/c1-12-7-3-5-10(12)9-4-2-6-11-8-9;6-5-1-3-7-4-2-5/h2,4,6,8,10H,3,5,7H2,1H3;1-4H,(H2,6,7). The van der Waals surface area contributed by atoms with Crippen LogP contribution in [0.2, 0.25) is 0 Å². The van der Waals surface area contributed by atoms with E-state index in [0.717, 1.165) is 5.69 Å². The molecule has 2 aromatic rings. The molecule has 1 aliphatic heterocycles. The van der Waals surface area contributed by atoms with Gasteiger partial charge in [-0.1, -0.05) is 6.07 Å². The molecule has 4 heteroatoms. The summed E-state index contributed by atoms with van der Waals surface area (Å²) in [6.45, 7) is 1.22. The zero-order valence-electron chi connectivity index (χ0n) is 11.2. The van der Waals surface area contributed by atoms with E-state index >= 15 is 0 Å². The van der Waals surface area contributed by atoms with E-state index in [1.807, 2.05) is 18.5 Å². The molecule has 0 aromatic carbocycles. The molecule has 1 aliphatic rings. The van der Waals surface area contributed by atoms with Crippen LogP contribution in [0.5, 0.6) is 0 Å². The molecule has 2 N–H and O–H groups in total. The molecule has 0 amide bonds. The first-order valence-corrected chi connectivity index (χ1v) is 6.53. The zero-order chi connectivity index (χ0) is 13.5. The third kappa shape index (κ3) is 4.03. The maximum absolute atomic E-state index is 5.32. The number of nitrogen functional groups attached to an aromatic ring is 1. The summed E-state index contributed by atoms with van der Waals surface area (Å²) in [5.74, 6) is 0. The van der Waals surface area contributed by atoms with Gasteiger partial charge in [-0.25, -0.2) is 0 Å². The summed E-state index contributed by atoms with van der Waals surface area (Å²) in [5.41, 5.74) is 7.44. The minimum Gasteiger partial charge on any atom is -0.399 e. The molecule has 0 aliphatic carbocycles. The molecule has 100 valence electrons. The van der Waals surface area contributed by atoms with Gasteiger partial charge in [0.2, 0.25) is 0 Å². The SMILES string of the molecule is CN1CCCC1c1cccnc1.Nc1ccncc1. The van der Waals surface area contributed by atoms with E-state index in [0.29, 0.717) is 6.04 Å². The predicted octanol–water partition coefficient (Wildman–Crippen LogP) is 2.51. The Morgan fingerprint density at radius 2 is 1.95 bits per heavy atom. The number of rotatable bonds is 1. The lowest BCUT2D eigenvalue weighted by Crippen LogP contribution is -2.17. The summed E-state index contributed by atoms with van der Waals surface area (Å²) < 4.78 is 0. The van der Waals surface area contributed by atoms with Gasteiger partial charge in [-0.15, -0.1) is 0 Å². The van der Waals surface area contributed by atoms with Crippen LogP contribution >= 0.6 is 0 Å². The molecular weight excluding hydrogens is 236 g/mol. The second kappa shape index (κ2) is 6.85. The van der Waals surface area contributed by atoms with Crippen LogP contribution in [0.3, 0.4) is 0 Å². The number of likely N-dealkylation sites (tertiary alicyclic amines) is 1. The minimum absolute atomic E-state index is 0.610. The number of nitrogens with zero attached hydrogens (tertiary/aromatic N) is 3. The van der Waals surface area contributed by atoms with Crippen LogP contribution in [0.4, 0.5) is 5.69 Å². The Morgan fingerprint density at radius 3 is 2.42 bits per heavy atom. The molecule has 4 nitrogen and oxygen atoms in total. The van der Waals surface area contributed by atoms with Crippen molar-refractivity contribution in [1.82, 2.24) is 14.9 Å². The molecule has 1 fully saturated rings. The van der Waals surface area contributed by atoms with Crippen LogP contribution in [0.15, 0.2) is 49.1 Å². The van der Waals surface area contributed by atoms with Crippen LogP contribution in [0, 0.1) is 0 Å². The quantitative estimate of drug-likeness (QED) is 0.851. The van der Waals surface area contributed by atoms with Crippen LogP contribution in [0.1, 0.15) is 24.4 Å². The summed E-state index contributed by atoms with van der Waals surface area (Å²) in [4.78, 5) is 10.3. The normalized spacial score (nSPS) is 18.7. The maximum atomic E-state index is 5.32. The first-order chi connectivity index (χ1) is 9.27. The van der Waals surface area contributed by atoms with Crippen molar-refractivity contribution < 1.29 is 0 Å². The van der Waals surface area contributed by atoms with E-state index in [9.17, 15) is 0 Å². The fraction of sp³-hybridized carbons (Fsp3) is 0.333. The molecule has 0 bridgehead atoms. The lowest BCUT2D eigenvalue weighted by molar-refractivity contribution is 0.317. The van der Waals surface area contributed by atoms with E-state index in [1.54, 1.807) is 24.5 Å². The van der Waals surface area contributed by atoms with Gasteiger partial charge >= 0.3 is 0 Å². The lowest BCUT2D eigenvalue weighted by atomic mass is 10.1. The monoisotopic (exact) mass is 256 g/mol. The first-order valence-electron chi connectivity index (χ1n) is 6.53. The molecule has 3 heterocycles. The minimum atomic E-state index is 0.610. The molecule has 1 unspecified atom stereocenters. The van der Waals surface area contributed by atoms with Crippen molar-refractivity contribution in [1.29, 1.82) is 0 Å². The fourth-order valence-electron chi connectivity index (χ4n) is 2.27. The Kier molecular flexibility index (Phi) is 4.86. The Hall–Kier alpha value is -1.94. The first kappa shape index (κ1) is 13.5. The second-order valence-corrected chi connectivity index (χ2v) is 4.71. The molecule has 1 atom stereocenters. The van der Waals surface area contributed by atoms with Crippen LogP contribution in [-0.4, -0.2) is 28.5 Å². The molecule has 0 saturated carbocycles. The number of aromatic nitrogens is 2. The van der Waals surface area contributed by atoms with Gasteiger partial charge in [0.15, 0.2) is 0 Å². The van der Waals surface area contributed by atoms with Crippen molar-refractivity contribution in [3.8, 4) is 0 Å². The summed E-state index contributed by atoms with van der Waals surface area (Å²) >= 11 is 0. The van der Waals surface area contributed by atoms with Crippen LogP contribution < -0.4 is 5.73 Å². The Bertz CT molecular complexity index is 472. The number of anilines is 1. The lowest BCUT2D eigenvalue weighted by Gasteiger charge is -2.18. The van der Waals surface area contributed by atoms with Crippen LogP contribution in [0.25, 0.3) is 0 Å². The number of pyridine rings is 2. The van der Waals surface area contributed by atoms with Gasteiger partial charge in [-0.3, -0.25) is 14.9 Å². The largest absolute Gasteiger partial charge is 0.399 e.